The number of rotatable bonds is 1. The molecule has 62 valence electrons. The van der Waals surface area contributed by atoms with E-state index in [2.05, 4.69) is 20.5 Å². The standard InChI is InChI=1S/C8H7Cl2.BrH.Zn/c1-2-6-3-4-7(9)5-8(6)10;;/h3-5H,1-2H2;1H;/q-1;;+2/p-1. The van der Waals surface area contributed by atoms with Gasteiger partial charge in [0.25, 0.3) is 0 Å². The van der Waals surface area contributed by atoms with E-state index in [0.29, 0.717) is 16.5 Å². The van der Waals surface area contributed by atoms with Gasteiger partial charge in [0.1, 0.15) is 0 Å². The van der Waals surface area contributed by atoms with Crippen LogP contribution < -0.4 is 0 Å². The van der Waals surface area contributed by atoms with Crippen LogP contribution in [0.5, 0.6) is 0 Å². The molecule has 0 atom stereocenters. The fourth-order valence-corrected chi connectivity index (χ4v) is 1.23. The van der Waals surface area contributed by atoms with E-state index in [1.54, 1.807) is 6.07 Å². The van der Waals surface area contributed by atoms with Gasteiger partial charge < -0.3 is 6.92 Å². The van der Waals surface area contributed by atoms with Gasteiger partial charge in [-0.1, -0.05) is 34.8 Å². The van der Waals surface area contributed by atoms with Crippen molar-refractivity contribution in [2.75, 3.05) is 0 Å². The molecule has 1 rings (SSSR count). The van der Waals surface area contributed by atoms with Crippen molar-refractivity contribution in [1.82, 2.24) is 0 Å². The van der Waals surface area contributed by atoms with Gasteiger partial charge in [0, 0.05) is 10.0 Å². The summed E-state index contributed by atoms with van der Waals surface area (Å²) in [4.78, 5) is 0. The quantitative estimate of drug-likeness (QED) is 0.537. The molecule has 1 aromatic rings. The topological polar surface area (TPSA) is 0 Å². The maximum atomic E-state index is 5.81. The van der Waals surface area contributed by atoms with E-state index in [1.165, 1.54) is 16.3 Å². The van der Waals surface area contributed by atoms with Gasteiger partial charge in [-0.25, -0.2) is 0 Å². The Balaban J connectivity index is 0.000000561. The van der Waals surface area contributed by atoms with Gasteiger partial charge >= 0.3 is 30.0 Å². The molecule has 12 heavy (non-hydrogen) atoms. The van der Waals surface area contributed by atoms with Gasteiger partial charge in [-0.15, -0.1) is 0 Å². The Hall–Kier alpha value is 0.903. The van der Waals surface area contributed by atoms with Crippen LogP contribution in [-0.4, -0.2) is 0 Å². The molecule has 0 bridgehead atoms. The molecule has 0 radical (unpaired) electrons. The first-order valence-electron chi connectivity index (χ1n) is 3.24. The molecule has 0 nitrogen and oxygen atoms in total. The van der Waals surface area contributed by atoms with Crippen LogP contribution in [0.4, 0.5) is 0 Å². The first-order valence-corrected chi connectivity index (χ1v) is 10.9. The van der Waals surface area contributed by atoms with Gasteiger partial charge in [-0.2, -0.15) is 6.42 Å². The molecule has 0 saturated carbocycles. The van der Waals surface area contributed by atoms with Crippen molar-refractivity contribution in [3.63, 3.8) is 0 Å². The Kier molecular flexibility index (Phi) is 7.87. The van der Waals surface area contributed by atoms with Crippen molar-refractivity contribution in [3.05, 3.63) is 40.7 Å². The fourth-order valence-electron chi connectivity index (χ4n) is 0.724. The Morgan fingerprint density at radius 3 is 2.33 bits per heavy atom. The van der Waals surface area contributed by atoms with E-state index < -0.39 is 0 Å². The number of benzene rings is 1. The van der Waals surface area contributed by atoms with Crippen molar-refractivity contribution in [1.29, 1.82) is 0 Å². The summed E-state index contributed by atoms with van der Waals surface area (Å²) < 4.78 is 0. The van der Waals surface area contributed by atoms with Crippen LogP contribution in [0.2, 0.25) is 10.0 Å². The summed E-state index contributed by atoms with van der Waals surface area (Å²) in [6.45, 7) is 3.72. The summed E-state index contributed by atoms with van der Waals surface area (Å²) in [5.41, 5.74) is 1.03. The average molecular weight is 319 g/mol. The van der Waals surface area contributed by atoms with Crippen molar-refractivity contribution >= 4 is 36.8 Å². The maximum absolute atomic E-state index is 5.81. The van der Waals surface area contributed by atoms with E-state index in [0.717, 1.165) is 5.56 Å². The van der Waals surface area contributed by atoms with Gasteiger partial charge in [0.2, 0.25) is 0 Å². The molecule has 0 saturated heterocycles. The Morgan fingerprint density at radius 2 is 1.92 bits per heavy atom. The summed E-state index contributed by atoms with van der Waals surface area (Å²) in [5, 5.41) is 1.37. The molecular weight excluding hydrogens is 312 g/mol. The number of halogens is 3. The van der Waals surface area contributed by atoms with Crippen molar-refractivity contribution in [2.45, 2.75) is 6.42 Å². The van der Waals surface area contributed by atoms with Crippen molar-refractivity contribution < 1.29 is 16.3 Å². The molecule has 0 unspecified atom stereocenters. The summed E-state index contributed by atoms with van der Waals surface area (Å²) in [5.74, 6) is 0. The molecule has 0 amide bonds. The second kappa shape index (κ2) is 7.32. The number of hydrogen-bond donors (Lipinski definition) is 0. The van der Waals surface area contributed by atoms with E-state index in [4.69, 9.17) is 23.2 Å². The van der Waals surface area contributed by atoms with Crippen LogP contribution in [0.25, 0.3) is 0 Å². The Morgan fingerprint density at radius 1 is 1.33 bits per heavy atom. The SMILES string of the molecule is [CH2-]Cc1ccc(Cl)cc1Cl.[Zn+][Br]. The zero-order valence-electron chi connectivity index (χ0n) is 6.49. The zero-order valence-corrected chi connectivity index (χ0v) is 12.6. The van der Waals surface area contributed by atoms with Crippen LogP contribution in [0.3, 0.4) is 0 Å². The molecule has 0 aliphatic heterocycles. The van der Waals surface area contributed by atoms with Crippen LogP contribution in [0.15, 0.2) is 18.2 Å². The van der Waals surface area contributed by atoms with E-state index >= 15 is 0 Å². The Bertz CT molecular complexity index is 240. The molecular formula is C8H7BrCl2Zn. The summed E-state index contributed by atoms with van der Waals surface area (Å²) in [6, 6.07) is 5.43. The fraction of sp³-hybridized carbons (Fsp3) is 0.125. The van der Waals surface area contributed by atoms with Crippen molar-refractivity contribution in [2.24, 2.45) is 0 Å². The molecule has 4 heteroatoms. The molecule has 0 spiro atoms. The Labute approximate surface area is 99.7 Å². The summed E-state index contributed by atoms with van der Waals surface area (Å²) >= 11 is 15.7. The van der Waals surface area contributed by atoms with Gasteiger partial charge in [0.15, 0.2) is 0 Å². The molecule has 0 aliphatic carbocycles. The minimum absolute atomic E-state index is 0.669. The van der Waals surface area contributed by atoms with E-state index in [-0.39, 0.29) is 0 Å². The van der Waals surface area contributed by atoms with Crippen molar-refractivity contribution in [3.8, 4) is 0 Å². The van der Waals surface area contributed by atoms with Gasteiger partial charge in [-0.05, 0) is 12.1 Å². The average Bonchev–Trinajstić information content (AvgIpc) is 2.08. The van der Waals surface area contributed by atoms with Crippen LogP contribution in [0.1, 0.15) is 5.56 Å². The molecule has 0 heterocycles. The second-order valence-electron chi connectivity index (χ2n) is 1.99. The molecule has 1 aromatic carbocycles. The van der Waals surface area contributed by atoms with Gasteiger partial charge in [0.05, 0.1) is 0 Å². The molecule has 0 aliphatic rings. The first kappa shape index (κ1) is 12.9. The van der Waals surface area contributed by atoms with Crippen LogP contribution in [0, 0.1) is 6.92 Å². The van der Waals surface area contributed by atoms with Crippen LogP contribution >= 0.6 is 36.8 Å². The van der Waals surface area contributed by atoms with E-state index in [1.807, 2.05) is 12.1 Å². The van der Waals surface area contributed by atoms with Crippen LogP contribution in [-0.2, 0) is 22.8 Å². The van der Waals surface area contributed by atoms with E-state index in [9.17, 15) is 0 Å². The first-order chi connectivity index (χ1) is 5.74. The molecule has 0 aromatic heterocycles. The zero-order chi connectivity index (χ0) is 9.56. The molecule has 0 fully saturated rings. The molecule has 0 N–H and O–H groups in total. The summed E-state index contributed by atoms with van der Waals surface area (Å²) in [7, 11) is 0. The normalized spacial score (nSPS) is 8.83. The third-order valence-electron chi connectivity index (χ3n) is 1.28. The third kappa shape index (κ3) is 4.23. The predicted octanol–water partition coefficient (Wildman–Crippen LogP) is 4.21. The summed E-state index contributed by atoms with van der Waals surface area (Å²) in [6.07, 6.45) is 0.704. The third-order valence-corrected chi connectivity index (χ3v) is 1.87. The minimum atomic E-state index is 0.669. The predicted molar refractivity (Wildman–Crippen MR) is 54.5 cm³/mol. The monoisotopic (exact) mass is 316 g/mol. The second-order valence-corrected chi connectivity index (χ2v) is 2.83. The number of hydrogen-bond acceptors (Lipinski definition) is 0. The van der Waals surface area contributed by atoms with Gasteiger partial charge in [-0.3, -0.25) is 0 Å².